The molecule has 0 radical (unpaired) electrons. The molecule has 2 aliphatic heterocycles. The Bertz CT molecular complexity index is 824. The van der Waals surface area contributed by atoms with Crippen LogP contribution in [0.5, 0.6) is 5.75 Å². The Kier molecular flexibility index (Phi) is 5.46. The zero-order valence-electron chi connectivity index (χ0n) is 14.2. The predicted molar refractivity (Wildman–Crippen MR) is 112 cm³/mol. The van der Waals surface area contributed by atoms with E-state index >= 15 is 0 Å². The van der Waals surface area contributed by atoms with Crippen LogP contribution in [0.25, 0.3) is 0 Å². The quantitative estimate of drug-likeness (QED) is 0.565. The molecule has 0 bridgehead atoms. The SMILES string of the molecule is O=C1c2cc(Br)cc(Br)c2OC[C@@]1(CN1CCCC1)Sc1ccccc1. The van der Waals surface area contributed by atoms with Crippen molar-refractivity contribution in [2.45, 2.75) is 22.5 Å². The maximum atomic E-state index is 13.7. The maximum Gasteiger partial charge on any atom is 0.187 e. The zero-order valence-corrected chi connectivity index (χ0v) is 18.2. The topological polar surface area (TPSA) is 29.5 Å². The lowest BCUT2D eigenvalue weighted by atomic mass is 9.93. The number of hydrogen-bond acceptors (Lipinski definition) is 4. The van der Waals surface area contributed by atoms with E-state index in [1.54, 1.807) is 11.8 Å². The summed E-state index contributed by atoms with van der Waals surface area (Å²) in [6.45, 7) is 3.21. The highest BCUT2D eigenvalue weighted by atomic mass is 79.9. The van der Waals surface area contributed by atoms with Crippen molar-refractivity contribution >= 4 is 49.4 Å². The summed E-state index contributed by atoms with van der Waals surface area (Å²) in [5.41, 5.74) is 0.653. The highest BCUT2D eigenvalue weighted by Gasteiger charge is 2.47. The van der Waals surface area contributed by atoms with Crippen LogP contribution < -0.4 is 4.74 Å². The third kappa shape index (κ3) is 3.61. The van der Waals surface area contributed by atoms with E-state index in [9.17, 15) is 4.79 Å². The van der Waals surface area contributed by atoms with Gasteiger partial charge in [0.05, 0.1) is 10.0 Å². The summed E-state index contributed by atoms with van der Waals surface area (Å²) in [7, 11) is 0. The number of thioether (sulfide) groups is 1. The summed E-state index contributed by atoms with van der Waals surface area (Å²) in [5.74, 6) is 0.811. The predicted octanol–water partition coefficient (Wildman–Crippen LogP) is 5.41. The summed E-state index contributed by atoms with van der Waals surface area (Å²) < 4.78 is 7.21. The van der Waals surface area contributed by atoms with Crippen molar-refractivity contribution in [1.29, 1.82) is 0 Å². The van der Waals surface area contributed by atoms with Gasteiger partial charge in [0.2, 0.25) is 0 Å². The van der Waals surface area contributed by atoms with Crippen LogP contribution >= 0.6 is 43.6 Å². The van der Waals surface area contributed by atoms with Crippen molar-refractivity contribution in [2.24, 2.45) is 0 Å². The van der Waals surface area contributed by atoms with Gasteiger partial charge in [-0.25, -0.2) is 0 Å². The normalized spacial score (nSPS) is 22.9. The van der Waals surface area contributed by atoms with Crippen molar-refractivity contribution < 1.29 is 9.53 Å². The van der Waals surface area contributed by atoms with Crippen molar-refractivity contribution in [1.82, 2.24) is 4.90 Å². The number of rotatable bonds is 4. The number of fused-ring (bicyclic) bond motifs is 1. The van der Waals surface area contributed by atoms with Gasteiger partial charge < -0.3 is 9.64 Å². The smallest absolute Gasteiger partial charge is 0.187 e. The monoisotopic (exact) mass is 495 g/mol. The van der Waals surface area contributed by atoms with Gasteiger partial charge in [-0.3, -0.25) is 4.79 Å². The van der Waals surface area contributed by atoms with E-state index in [-0.39, 0.29) is 5.78 Å². The number of halogens is 2. The minimum Gasteiger partial charge on any atom is -0.490 e. The Morgan fingerprint density at radius 2 is 1.85 bits per heavy atom. The number of ether oxygens (including phenoxy) is 1. The van der Waals surface area contributed by atoms with Gasteiger partial charge in [0.1, 0.15) is 17.1 Å². The first-order valence-corrected chi connectivity index (χ1v) is 11.1. The molecular formula is C20H19Br2NO2S. The summed E-state index contributed by atoms with van der Waals surface area (Å²) >= 11 is 8.67. The number of Topliss-reactive ketones (excluding diaryl/α,β-unsaturated/α-hetero) is 1. The molecule has 0 saturated carbocycles. The lowest BCUT2D eigenvalue weighted by Gasteiger charge is -2.38. The minimum absolute atomic E-state index is 0.154. The van der Waals surface area contributed by atoms with Crippen molar-refractivity contribution in [3.05, 3.63) is 57.0 Å². The molecule has 1 fully saturated rings. The van der Waals surface area contributed by atoms with E-state index in [4.69, 9.17) is 4.74 Å². The standard InChI is InChI=1S/C20H19Br2NO2S/c21-14-10-16-18(17(22)11-14)25-13-20(19(16)24,12-23-8-4-5-9-23)26-15-6-2-1-3-7-15/h1-3,6-7,10-11H,4-5,8-9,12-13H2/t20-/m1/s1. The number of hydrogen-bond donors (Lipinski definition) is 0. The Balaban J connectivity index is 1.73. The fraction of sp³-hybridized carbons (Fsp3) is 0.350. The molecule has 2 heterocycles. The van der Waals surface area contributed by atoms with Gasteiger partial charge in [0.15, 0.2) is 5.78 Å². The van der Waals surface area contributed by atoms with Crippen LogP contribution in [0.3, 0.4) is 0 Å². The lowest BCUT2D eigenvalue weighted by molar-refractivity contribution is 0.0831. The van der Waals surface area contributed by atoms with E-state index in [2.05, 4.69) is 48.9 Å². The molecule has 0 aliphatic carbocycles. The molecule has 2 aromatic rings. The second-order valence-corrected chi connectivity index (χ2v) is 10.0. The van der Waals surface area contributed by atoms with Gasteiger partial charge in [0.25, 0.3) is 0 Å². The first kappa shape index (κ1) is 18.5. The lowest BCUT2D eigenvalue weighted by Crippen LogP contribution is -2.52. The molecule has 4 rings (SSSR count). The Morgan fingerprint density at radius 1 is 1.12 bits per heavy atom. The molecule has 2 aliphatic rings. The Morgan fingerprint density at radius 3 is 2.58 bits per heavy atom. The Labute approximate surface area is 174 Å². The van der Waals surface area contributed by atoms with Crippen molar-refractivity contribution in [2.75, 3.05) is 26.2 Å². The molecule has 26 heavy (non-hydrogen) atoms. The first-order chi connectivity index (χ1) is 12.6. The molecule has 0 N–H and O–H groups in total. The van der Waals surface area contributed by atoms with Gasteiger partial charge in [0, 0.05) is 15.9 Å². The van der Waals surface area contributed by atoms with Crippen LogP contribution in [0.4, 0.5) is 0 Å². The van der Waals surface area contributed by atoms with Gasteiger partial charge in [-0.2, -0.15) is 0 Å². The molecule has 0 amide bonds. The van der Waals surface area contributed by atoms with Crippen LogP contribution in [0.2, 0.25) is 0 Å². The summed E-state index contributed by atoms with van der Waals surface area (Å²) in [6.07, 6.45) is 2.41. The fourth-order valence-electron chi connectivity index (χ4n) is 3.62. The van der Waals surface area contributed by atoms with E-state index in [0.29, 0.717) is 17.9 Å². The average molecular weight is 497 g/mol. The maximum absolute atomic E-state index is 13.7. The number of ketones is 1. The van der Waals surface area contributed by atoms with Gasteiger partial charge >= 0.3 is 0 Å². The van der Waals surface area contributed by atoms with Gasteiger partial charge in [-0.1, -0.05) is 34.1 Å². The number of likely N-dealkylation sites (tertiary alicyclic amines) is 1. The van der Waals surface area contributed by atoms with E-state index in [0.717, 1.165) is 33.5 Å². The van der Waals surface area contributed by atoms with E-state index in [1.807, 2.05) is 30.3 Å². The van der Waals surface area contributed by atoms with Crippen LogP contribution in [-0.2, 0) is 0 Å². The van der Waals surface area contributed by atoms with Gasteiger partial charge in [-0.05, 0) is 66.1 Å². The fourth-order valence-corrected chi connectivity index (χ4v) is 6.27. The number of carbonyl (C=O) groups is 1. The first-order valence-electron chi connectivity index (χ1n) is 8.70. The molecule has 6 heteroatoms. The molecule has 3 nitrogen and oxygen atoms in total. The highest BCUT2D eigenvalue weighted by molar-refractivity contribution is 9.11. The highest BCUT2D eigenvalue weighted by Crippen LogP contribution is 2.45. The van der Waals surface area contributed by atoms with Crippen LogP contribution in [-0.4, -0.2) is 41.7 Å². The summed E-state index contributed by atoms with van der Waals surface area (Å²) in [4.78, 5) is 17.2. The molecule has 1 saturated heterocycles. The van der Waals surface area contributed by atoms with Crippen LogP contribution in [0.1, 0.15) is 23.2 Å². The summed E-state index contributed by atoms with van der Waals surface area (Å²) in [5, 5.41) is 0. The molecule has 0 unspecified atom stereocenters. The molecule has 0 spiro atoms. The molecule has 0 aromatic heterocycles. The molecular weight excluding hydrogens is 478 g/mol. The molecule has 1 atom stereocenters. The van der Waals surface area contributed by atoms with Crippen molar-refractivity contribution in [3.63, 3.8) is 0 Å². The number of benzene rings is 2. The third-order valence-corrected chi connectivity index (χ3v) is 7.23. The van der Waals surface area contributed by atoms with E-state index < -0.39 is 4.75 Å². The number of carbonyl (C=O) groups excluding carboxylic acids is 1. The number of nitrogens with zero attached hydrogens (tertiary/aromatic N) is 1. The minimum atomic E-state index is -0.626. The van der Waals surface area contributed by atoms with Crippen LogP contribution in [0.15, 0.2) is 56.3 Å². The third-order valence-electron chi connectivity index (χ3n) is 4.85. The van der Waals surface area contributed by atoms with Gasteiger partial charge in [-0.15, -0.1) is 11.8 Å². The summed E-state index contributed by atoms with van der Waals surface area (Å²) in [6, 6.07) is 14.0. The Hall–Kier alpha value is -0.820. The average Bonchev–Trinajstić information content (AvgIpc) is 3.12. The van der Waals surface area contributed by atoms with Crippen LogP contribution in [0, 0.1) is 0 Å². The van der Waals surface area contributed by atoms with Crippen molar-refractivity contribution in [3.8, 4) is 5.75 Å². The molecule has 2 aromatic carbocycles. The zero-order chi connectivity index (χ0) is 18.1. The second kappa shape index (κ2) is 7.66. The molecule has 136 valence electrons. The van der Waals surface area contributed by atoms with E-state index in [1.165, 1.54) is 12.8 Å². The largest absolute Gasteiger partial charge is 0.490 e. The second-order valence-electron chi connectivity index (χ2n) is 6.77.